The summed E-state index contributed by atoms with van der Waals surface area (Å²) in [6, 6.07) is 7.03. The van der Waals surface area contributed by atoms with Crippen molar-refractivity contribution in [3.63, 3.8) is 0 Å². The molecule has 0 saturated heterocycles. The number of rotatable bonds is 7. The van der Waals surface area contributed by atoms with Crippen LogP contribution in [0.2, 0.25) is 0 Å². The lowest BCUT2D eigenvalue weighted by Crippen LogP contribution is -2.31. The lowest BCUT2D eigenvalue weighted by Gasteiger charge is -2.09. The van der Waals surface area contributed by atoms with E-state index in [1.807, 2.05) is 32.0 Å². The van der Waals surface area contributed by atoms with Crippen LogP contribution in [-0.4, -0.2) is 32.4 Å². The minimum atomic E-state index is -0.247. The van der Waals surface area contributed by atoms with Crippen molar-refractivity contribution in [1.29, 1.82) is 0 Å². The molecule has 0 saturated carbocycles. The highest BCUT2D eigenvalue weighted by Gasteiger charge is 2.01. The van der Waals surface area contributed by atoms with Gasteiger partial charge in [0.2, 0.25) is 0 Å². The standard InChI is InChI=1S/C13H20N2O3/c1-3-17-9-8-14-13(16)15-11-6-5-7-12(10-11)18-4-2/h5-7,10H,3-4,8-9H2,1-2H3,(H2,14,15,16). The van der Waals surface area contributed by atoms with Gasteiger partial charge < -0.3 is 20.1 Å². The predicted octanol–water partition coefficient (Wildman–Crippen LogP) is 2.24. The lowest BCUT2D eigenvalue weighted by molar-refractivity contribution is 0.150. The van der Waals surface area contributed by atoms with Crippen molar-refractivity contribution < 1.29 is 14.3 Å². The van der Waals surface area contributed by atoms with Gasteiger partial charge in [0.25, 0.3) is 0 Å². The zero-order valence-corrected chi connectivity index (χ0v) is 10.9. The van der Waals surface area contributed by atoms with E-state index in [-0.39, 0.29) is 6.03 Å². The summed E-state index contributed by atoms with van der Waals surface area (Å²) in [7, 11) is 0. The Bertz CT molecular complexity index is 369. The van der Waals surface area contributed by atoms with Crippen LogP contribution in [0.4, 0.5) is 10.5 Å². The van der Waals surface area contributed by atoms with Crippen LogP contribution < -0.4 is 15.4 Å². The molecule has 2 amide bonds. The van der Waals surface area contributed by atoms with Crippen molar-refractivity contribution in [2.24, 2.45) is 0 Å². The molecule has 1 aromatic carbocycles. The molecular formula is C13H20N2O3. The molecular weight excluding hydrogens is 232 g/mol. The number of urea groups is 1. The smallest absolute Gasteiger partial charge is 0.319 e. The Balaban J connectivity index is 2.36. The van der Waals surface area contributed by atoms with Crippen LogP contribution in [0.1, 0.15) is 13.8 Å². The van der Waals surface area contributed by atoms with Crippen LogP contribution in [0, 0.1) is 0 Å². The Hall–Kier alpha value is -1.75. The molecule has 5 heteroatoms. The van der Waals surface area contributed by atoms with E-state index in [2.05, 4.69) is 10.6 Å². The Labute approximate surface area is 107 Å². The van der Waals surface area contributed by atoms with E-state index >= 15 is 0 Å². The highest BCUT2D eigenvalue weighted by atomic mass is 16.5. The van der Waals surface area contributed by atoms with Crippen molar-refractivity contribution >= 4 is 11.7 Å². The monoisotopic (exact) mass is 252 g/mol. The molecule has 0 bridgehead atoms. The van der Waals surface area contributed by atoms with E-state index in [1.165, 1.54) is 0 Å². The first kappa shape index (κ1) is 14.3. The average Bonchev–Trinajstić information content (AvgIpc) is 2.35. The minimum Gasteiger partial charge on any atom is -0.494 e. The Morgan fingerprint density at radius 3 is 2.83 bits per heavy atom. The first-order valence-electron chi connectivity index (χ1n) is 6.11. The van der Waals surface area contributed by atoms with Crippen LogP contribution in [0.25, 0.3) is 0 Å². The molecule has 5 nitrogen and oxygen atoms in total. The Kier molecular flexibility index (Phi) is 6.64. The number of amides is 2. The molecule has 0 aliphatic carbocycles. The largest absolute Gasteiger partial charge is 0.494 e. The highest BCUT2D eigenvalue weighted by molar-refractivity contribution is 5.89. The molecule has 0 fully saturated rings. The second kappa shape index (κ2) is 8.36. The number of hydrogen-bond acceptors (Lipinski definition) is 3. The van der Waals surface area contributed by atoms with E-state index in [1.54, 1.807) is 6.07 Å². The molecule has 0 unspecified atom stereocenters. The van der Waals surface area contributed by atoms with E-state index in [9.17, 15) is 4.79 Å². The van der Waals surface area contributed by atoms with Crippen molar-refractivity contribution in [2.75, 3.05) is 31.7 Å². The number of hydrogen-bond donors (Lipinski definition) is 2. The fourth-order valence-corrected chi connectivity index (χ4v) is 1.39. The quantitative estimate of drug-likeness (QED) is 0.732. The fourth-order valence-electron chi connectivity index (χ4n) is 1.39. The van der Waals surface area contributed by atoms with E-state index in [0.29, 0.717) is 32.1 Å². The van der Waals surface area contributed by atoms with Gasteiger partial charge in [-0.05, 0) is 26.0 Å². The van der Waals surface area contributed by atoms with Gasteiger partial charge in [0.05, 0.1) is 13.2 Å². The van der Waals surface area contributed by atoms with Crippen LogP contribution in [0.5, 0.6) is 5.75 Å². The molecule has 0 aliphatic rings. The van der Waals surface area contributed by atoms with Gasteiger partial charge in [0.15, 0.2) is 0 Å². The van der Waals surface area contributed by atoms with Crippen LogP contribution in [0.3, 0.4) is 0 Å². The van der Waals surface area contributed by atoms with Gasteiger partial charge >= 0.3 is 6.03 Å². The molecule has 1 aromatic rings. The molecule has 2 N–H and O–H groups in total. The summed E-state index contributed by atoms with van der Waals surface area (Å²) in [5.41, 5.74) is 0.704. The fraction of sp³-hybridized carbons (Fsp3) is 0.462. The van der Waals surface area contributed by atoms with Crippen LogP contribution >= 0.6 is 0 Å². The molecule has 0 aliphatic heterocycles. The molecule has 1 rings (SSSR count). The summed E-state index contributed by atoms with van der Waals surface area (Å²) < 4.78 is 10.5. The zero-order chi connectivity index (χ0) is 13.2. The van der Waals surface area contributed by atoms with E-state index < -0.39 is 0 Å². The van der Waals surface area contributed by atoms with E-state index in [4.69, 9.17) is 9.47 Å². The van der Waals surface area contributed by atoms with Crippen molar-refractivity contribution in [2.45, 2.75) is 13.8 Å². The van der Waals surface area contributed by atoms with E-state index in [0.717, 1.165) is 5.75 Å². The second-order valence-corrected chi connectivity index (χ2v) is 3.54. The van der Waals surface area contributed by atoms with Gasteiger partial charge in [-0.3, -0.25) is 0 Å². The summed E-state index contributed by atoms with van der Waals surface area (Å²) in [4.78, 5) is 11.5. The summed E-state index contributed by atoms with van der Waals surface area (Å²) in [5.74, 6) is 0.740. The number of ether oxygens (including phenoxy) is 2. The normalized spacial score (nSPS) is 9.89. The number of carbonyl (C=O) groups is 1. The molecule has 18 heavy (non-hydrogen) atoms. The summed E-state index contributed by atoms with van der Waals surface area (Å²) in [5, 5.41) is 5.43. The topological polar surface area (TPSA) is 59.6 Å². The summed E-state index contributed by atoms with van der Waals surface area (Å²) in [6.07, 6.45) is 0. The van der Waals surface area contributed by atoms with Gasteiger partial charge in [-0.25, -0.2) is 4.79 Å². The minimum absolute atomic E-state index is 0.247. The second-order valence-electron chi connectivity index (χ2n) is 3.54. The molecule has 0 aromatic heterocycles. The number of anilines is 1. The van der Waals surface area contributed by atoms with Gasteiger partial charge in [-0.2, -0.15) is 0 Å². The third-order valence-electron chi connectivity index (χ3n) is 2.14. The third-order valence-corrected chi connectivity index (χ3v) is 2.14. The van der Waals surface area contributed by atoms with Crippen molar-refractivity contribution in [3.8, 4) is 5.75 Å². The molecule has 0 atom stereocenters. The lowest BCUT2D eigenvalue weighted by atomic mass is 10.3. The van der Waals surface area contributed by atoms with Gasteiger partial charge in [-0.1, -0.05) is 6.07 Å². The molecule has 100 valence electrons. The van der Waals surface area contributed by atoms with Gasteiger partial charge in [0.1, 0.15) is 5.75 Å². The van der Waals surface area contributed by atoms with Crippen molar-refractivity contribution in [3.05, 3.63) is 24.3 Å². The third kappa shape index (κ3) is 5.54. The van der Waals surface area contributed by atoms with Crippen LogP contribution in [0.15, 0.2) is 24.3 Å². The Morgan fingerprint density at radius 2 is 2.11 bits per heavy atom. The van der Waals surface area contributed by atoms with Crippen molar-refractivity contribution in [1.82, 2.24) is 5.32 Å². The number of carbonyl (C=O) groups excluding carboxylic acids is 1. The maximum atomic E-state index is 11.5. The maximum Gasteiger partial charge on any atom is 0.319 e. The maximum absolute atomic E-state index is 11.5. The summed E-state index contributed by atoms with van der Waals surface area (Å²) in [6.45, 7) is 6.09. The molecule has 0 radical (unpaired) electrons. The Morgan fingerprint density at radius 1 is 1.28 bits per heavy atom. The molecule has 0 spiro atoms. The van der Waals surface area contributed by atoms with Gasteiger partial charge in [-0.15, -0.1) is 0 Å². The molecule has 0 heterocycles. The average molecular weight is 252 g/mol. The van der Waals surface area contributed by atoms with Crippen LogP contribution in [-0.2, 0) is 4.74 Å². The highest BCUT2D eigenvalue weighted by Crippen LogP contribution is 2.16. The summed E-state index contributed by atoms with van der Waals surface area (Å²) >= 11 is 0. The van der Waals surface area contributed by atoms with Gasteiger partial charge in [0, 0.05) is 24.9 Å². The first-order valence-corrected chi connectivity index (χ1v) is 6.11. The number of nitrogens with one attached hydrogen (secondary N) is 2. The number of benzene rings is 1. The predicted molar refractivity (Wildman–Crippen MR) is 71.1 cm³/mol. The SMILES string of the molecule is CCOCCNC(=O)Nc1cccc(OCC)c1. The first-order chi connectivity index (χ1) is 8.76. The zero-order valence-electron chi connectivity index (χ0n) is 10.9.